The monoisotopic (exact) mass is 502 g/mol. The highest BCUT2D eigenvalue weighted by Crippen LogP contribution is 2.35. The number of halogens is 3. The quantitative estimate of drug-likeness (QED) is 0.504. The lowest BCUT2D eigenvalue weighted by Gasteiger charge is -2.29. The predicted octanol–water partition coefficient (Wildman–Crippen LogP) is 4.25. The Morgan fingerprint density at radius 1 is 1.14 bits per heavy atom. The number of carbonyl (C=O) groups excluding carboxylic acids is 1. The summed E-state index contributed by atoms with van der Waals surface area (Å²) in [6, 6.07) is 6.54. The number of alkyl halides is 3. The lowest BCUT2D eigenvalue weighted by atomic mass is 10.0. The van der Waals surface area contributed by atoms with Gasteiger partial charge in [0.1, 0.15) is 11.6 Å². The maximum Gasteiger partial charge on any atom is 0.416 e. The number of nitrogen functional groups attached to an aromatic ring is 1. The molecule has 0 radical (unpaired) electrons. The number of anilines is 3. The van der Waals surface area contributed by atoms with Gasteiger partial charge in [0.05, 0.1) is 35.9 Å². The number of morpholine rings is 1. The van der Waals surface area contributed by atoms with Crippen LogP contribution in [0.1, 0.15) is 40.3 Å². The average Bonchev–Trinajstić information content (AvgIpc) is 2.82. The second-order valence-corrected chi connectivity index (χ2v) is 9.06. The summed E-state index contributed by atoms with van der Waals surface area (Å²) in [5.41, 5.74) is 7.10. The van der Waals surface area contributed by atoms with Gasteiger partial charge in [-0.05, 0) is 49.7 Å². The summed E-state index contributed by atoms with van der Waals surface area (Å²) in [5, 5.41) is 3.87. The van der Waals surface area contributed by atoms with Crippen molar-refractivity contribution in [2.45, 2.75) is 26.1 Å². The van der Waals surface area contributed by atoms with Gasteiger partial charge in [-0.2, -0.15) is 13.2 Å². The van der Waals surface area contributed by atoms with E-state index in [4.69, 9.17) is 10.5 Å². The first-order valence-corrected chi connectivity index (χ1v) is 11.5. The lowest BCUT2D eigenvalue weighted by molar-refractivity contribution is -0.137. The molecule has 0 bridgehead atoms. The first-order chi connectivity index (χ1) is 16.9. The van der Waals surface area contributed by atoms with Crippen molar-refractivity contribution in [3.8, 4) is 0 Å². The van der Waals surface area contributed by atoms with Crippen molar-refractivity contribution >= 4 is 34.0 Å². The third-order valence-electron chi connectivity index (χ3n) is 6.09. The second-order valence-electron chi connectivity index (χ2n) is 9.06. The van der Waals surface area contributed by atoms with Gasteiger partial charge >= 0.3 is 6.18 Å². The van der Waals surface area contributed by atoms with E-state index in [1.807, 2.05) is 25.1 Å². The number of nitrogens with zero attached hydrogens (tertiary/aromatic N) is 4. The first kappa shape index (κ1) is 25.5. The molecule has 0 saturated carbocycles. The molecule has 36 heavy (non-hydrogen) atoms. The summed E-state index contributed by atoms with van der Waals surface area (Å²) in [6.07, 6.45) is -4.51. The van der Waals surface area contributed by atoms with Gasteiger partial charge in [-0.15, -0.1) is 0 Å². The molecule has 192 valence electrons. The summed E-state index contributed by atoms with van der Waals surface area (Å²) < 4.78 is 45.3. The number of amides is 1. The number of carbonyl (C=O) groups is 1. The zero-order chi connectivity index (χ0) is 26.2. The van der Waals surface area contributed by atoms with Gasteiger partial charge in [0.2, 0.25) is 0 Å². The summed E-state index contributed by atoms with van der Waals surface area (Å²) in [4.78, 5) is 26.0. The number of hydrogen-bond acceptors (Lipinski definition) is 7. The highest BCUT2D eigenvalue weighted by Gasteiger charge is 2.31. The minimum absolute atomic E-state index is 0.0263. The van der Waals surface area contributed by atoms with Gasteiger partial charge in [-0.1, -0.05) is 0 Å². The topological polar surface area (TPSA) is 96.6 Å². The molecule has 1 aliphatic rings. The van der Waals surface area contributed by atoms with E-state index < -0.39 is 17.8 Å². The third-order valence-corrected chi connectivity index (χ3v) is 6.09. The van der Waals surface area contributed by atoms with Crippen LogP contribution in [0.15, 0.2) is 30.3 Å². The Morgan fingerprint density at radius 2 is 1.83 bits per heavy atom. The molecular weight excluding hydrogens is 473 g/mol. The summed E-state index contributed by atoms with van der Waals surface area (Å²) >= 11 is 0. The van der Waals surface area contributed by atoms with E-state index in [0.717, 1.165) is 12.1 Å². The molecule has 3 aromatic rings. The molecule has 1 amide bonds. The van der Waals surface area contributed by atoms with E-state index in [9.17, 15) is 18.0 Å². The van der Waals surface area contributed by atoms with E-state index in [1.165, 1.54) is 6.07 Å². The van der Waals surface area contributed by atoms with Crippen LogP contribution in [-0.2, 0) is 10.9 Å². The highest BCUT2D eigenvalue weighted by atomic mass is 19.4. The van der Waals surface area contributed by atoms with Crippen LogP contribution >= 0.6 is 0 Å². The molecule has 1 aliphatic heterocycles. The average molecular weight is 503 g/mol. The normalized spacial score (nSPS) is 15.1. The number of fused-ring (bicyclic) bond motifs is 1. The number of rotatable bonds is 5. The lowest BCUT2D eigenvalue weighted by Crippen LogP contribution is -2.41. The third kappa shape index (κ3) is 5.30. The van der Waals surface area contributed by atoms with E-state index in [0.29, 0.717) is 65.7 Å². The molecule has 1 atom stereocenters. The second kappa shape index (κ2) is 9.81. The van der Waals surface area contributed by atoms with Crippen molar-refractivity contribution in [1.82, 2.24) is 14.9 Å². The van der Waals surface area contributed by atoms with Crippen molar-refractivity contribution in [1.29, 1.82) is 0 Å². The zero-order valence-electron chi connectivity index (χ0n) is 20.6. The molecule has 2 heterocycles. The van der Waals surface area contributed by atoms with Gasteiger partial charge in [-0.3, -0.25) is 4.79 Å². The molecular formula is C25H29F3N6O2. The standard InChI is InChI=1S/C25H29F3N6O2/c1-14(16-9-17(25(26,27)28)11-18(29)10-16)30-23-19-13-22(33(3)4)20(12-21(19)31-15(2)32-23)24(35)34-5-7-36-8-6-34/h9-14H,5-8,29H2,1-4H3,(H,30,31,32)/t14-/m1/s1. The van der Waals surface area contributed by atoms with Gasteiger partial charge in [0.25, 0.3) is 5.91 Å². The fourth-order valence-electron chi connectivity index (χ4n) is 4.25. The van der Waals surface area contributed by atoms with E-state index in [2.05, 4.69) is 15.3 Å². The molecule has 0 aliphatic carbocycles. The van der Waals surface area contributed by atoms with Crippen molar-refractivity contribution in [3.05, 3.63) is 52.8 Å². The molecule has 0 spiro atoms. The predicted molar refractivity (Wildman–Crippen MR) is 133 cm³/mol. The fraction of sp³-hybridized carbons (Fsp3) is 0.400. The number of nitrogens with one attached hydrogen (secondary N) is 1. The van der Waals surface area contributed by atoms with Crippen LogP contribution in [0.5, 0.6) is 0 Å². The molecule has 3 N–H and O–H groups in total. The Bertz CT molecular complexity index is 1290. The van der Waals surface area contributed by atoms with E-state index in [1.54, 1.807) is 24.8 Å². The summed E-state index contributed by atoms with van der Waals surface area (Å²) in [7, 11) is 3.68. The Balaban J connectivity index is 1.75. The fourth-order valence-corrected chi connectivity index (χ4v) is 4.25. The molecule has 1 saturated heterocycles. The van der Waals surface area contributed by atoms with Crippen LogP contribution in [0.3, 0.4) is 0 Å². The molecule has 2 aromatic carbocycles. The molecule has 4 rings (SSSR count). The number of hydrogen-bond donors (Lipinski definition) is 2. The maximum absolute atomic E-state index is 13.3. The summed E-state index contributed by atoms with van der Waals surface area (Å²) in [6.45, 7) is 5.46. The molecule has 1 aromatic heterocycles. The number of aromatic nitrogens is 2. The Hall–Kier alpha value is -3.60. The number of ether oxygens (including phenoxy) is 1. The van der Waals surface area contributed by atoms with Crippen LogP contribution < -0.4 is 16.0 Å². The smallest absolute Gasteiger partial charge is 0.399 e. The molecule has 8 nitrogen and oxygen atoms in total. The van der Waals surface area contributed by atoms with Crippen LogP contribution in [0.25, 0.3) is 10.9 Å². The van der Waals surface area contributed by atoms with Gasteiger partial charge < -0.3 is 25.6 Å². The Labute approximate surface area is 207 Å². The summed E-state index contributed by atoms with van der Waals surface area (Å²) in [5.74, 6) is 0.806. The molecule has 1 fully saturated rings. The van der Waals surface area contributed by atoms with Gasteiger partial charge in [0.15, 0.2) is 0 Å². The van der Waals surface area contributed by atoms with Crippen LogP contribution in [-0.4, -0.2) is 61.2 Å². The van der Waals surface area contributed by atoms with Crippen molar-refractivity contribution in [3.63, 3.8) is 0 Å². The largest absolute Gasteiger partial charge is 0.416 e. The maximum atomic E-state index is 13.3. The highest BCUT2D eigenvalue weighted by molar-refractivity contribution is 6.05. The van der Waals surface area contributed by atoms with Gasteiger partial charge in [0, 0.05) is 43.9 Å². The van der Waals surface area contributed by atoms with Crippen molar-refractivity contribution < 1.29 is 22.7 Å². The number of benzene rings is 2. The number of aryl methyl sites for hydroxylation is 1. The van der Waals surface area contributed by atoms with Crippen LogP contribution in [0.4, 0.5) is 30.4 Å². The van der Waals surface area contributed by atoms with Crippen LogP contribution in [0.2, 0.25) is 0 Å². The molecule has 11 heteroatoms. The van der Waals surface area contributed by atoms with Crippen LogP contribution in [0, 0.1) is 6.92 Å². The van der Waals surface area contributed by atoms with E-state index >= 15 is 0 Å². The minimum Gasteiger partial charge on any atom is -0.399 e. The minimum atomic E-state index is -4.51. The Kier molecular flexibility index (Phi) is 6.94. The van der Waals surface area contributed by atoms with Gasteiger partial charge in [-0.25, -0.2) is 9.97 Å². The first-order valence-electron chi connectivity index (χ1n) is 11.5. The Morgan fingerprint density at radius 3 is 2.47 bits per heavy atom. The molecule has 0 unspecified atom stereocenters. The number of nitrogens with two attached hydrogens (primary N) is 1. The van der Waals surface area contributed by atoms with Crippen molar-refractivity contribution in [2.75, 3.05) is 56.3 Å². The SMILES string of the molecule is Cc1nc(N[C@H](C)c2cc(N)cc(C(F)(F)F)c2)c2cc(N(C)C)c(C(=O)N3CCOCC3)cc2n1. The van der Waals surface area contributed by atoms with E-state index in [-0.39, 0.29) is 11.6 Å². The van der Waals surface area contributed by atoms with Crippen molar-refractivity contribution in [2.24, 2.45) is 0 Å². The zero-order valence-corrected chi connectivity index (χ0v) is 20.6.